The minimum Gasteiger partial charge on any atom is -0.488 e. The molecule has 91 valence electrons. The first-order valence-electron chi connectivity index (χ1n) is 5.71. The molecule has 1 aromatic rings. The van der Waals surface area contributed by atoms with E-state index < -0.39 is 0 Å². The molecule has 1 unspecified atom stereocenters. The molecule has 1 aromatic carbocycles. The van der Waals surface area contributed by atoms with Crippen LogP contribution in [0.25, 0.3) is 0 Å². The summed E-state index contributed by atoms with van der Waals surface area (Å²) < 4.78 is 5.67. The van der Waals surface area contributed by atoms with Gasteiger partial charge in [-0.05, 0) is 30.5 Å². The van der Waals surface area contributed by atoms with Crippen LogP contribution in [0.2, 0.25) is 0 Å². The van der Waals surface area contributed by atoms with Crippen molar-refractivity contribution < 1.29 is 9.84 Å². The summed E-state index contributed by atoms with van der Waals surface area (Å²) in [5, 5.41) is 9.18. The molecule has 0 spiro atoms. The number of benzene rings is 1. The van der Waals surface area contributed by atoms with Crippen molar-refractivity contribution in [2.75, 3.05) is 6.61 Å². The molecule has 1 radical (unpaired) electrons. The second kappa shape index (κ2) is 7.69. The summed E-state index contributed by atoms with van der Waals surface area (Å²) in [7, 11) is 0. The predicted octanol–water partition coefficient (Wildman–Crippen LogP) is 2.94. The van der Waals surface area contributed by atoms with Crippen molar-refractivity contribution in [1.82, 2.24) is 0 Å². The fourth-order valence-corrected chi connectivity index (χ4v) is 1.50. The molecule has 0 saturated heterocycles. The Labute approximate surface area is 103 Å². The van der Waals surface area contributed by atoms with Gasteiger partial charge < -0.3 is 9.84 Å². The highest BCUT2D eigenvalue weighted by atomic mass is 16.5. The highest BCUT2D eigenvalue weighted by molar-refractivity contribution is 5.30. The third kappa shape index (κ3) is 4.87. The zero-order valence-electron chi connectivity index (χ0n) is 10.0. The van der Waals surface area contributed by atoms with Crippen LogP contribution in [0.15, 0.2) is 49.6 Å². The number of allylic oxidation sites excluding steroid dienone is 2. The van der Waals surface area contributed by atoms with E-state index in [-0.39, 0.29) is 12.7 Å². The topological polar surface area (TPSA) is 29.5 Å². The van der Waals surface area contributed by atoms with Gasteiger partial charge in [-0.3, -0.25) is 0 Å². The Hall–Kier alpha value is -1.54. The molecule has 0 aliphatic carbocycles. The summed E-state index contributed by atoms with van der Waals surface area (Å²) in [5.41, 5.74) is 1.15. The summed E-state index contributed by atoms with van der Waals surface area (Å²) in [5.74, 6) is 0.767. The standard InChI is InChI=1S/C15H19O2/c1-3-5-9-15(12-16)17-14-10-6-8-13(11-14)7-4-2/h3-4,6,8-11,15-16H,1-2,5,7,12H2. The second-order valence-electron chi connectivity index (χ2n) is 3.74. The number of aliphatic hydroxyl groups excluding tert-OH is 1. The molecule has 1 N–H and O–H groups in total. The molecule has 0 saturated carbocycles. The van der Waals surface area contributed by atoms with Crippen LogP contribution in [-0.4, -0.2) is 17.8 Å². The van der Waals surface area contributed by atoms with Crippen molar-refractivity contribution in [3.63, 3.8) is 0 Å². The molecular weight excluding hydrogens is 212 g/mol. The van der Waals surface area contributed by atoms with Crippen LogP contribution < -0.4 is 4.74 Å². The quantitative estimate of drug-likeness (QED) is 0.697. The minimum atomic E-state index is -0.285. The van der Waals surface area contributed by atoms with Gasteiger partial charge in [0.2, 0.25) is 0 Å². The number of ether oxygens (including phenoxy) is 1. The summed E-state index contributed by atoms with van der Waals surface area (Å²) in [6.45, 7) is 7.31. The Bertz CT molecular complexity index is 358. The van der Waals surface area contributed by atoms with Crippen molar-refractivity contribution in [2.45, 2.75) is 18.9 Å². The Morgan fingerprint density at radius 3 is 2.76 bits per heavy atom. The fourth-order valence-electron chi connectivity index (χ4n) is 1.50. The van der Waals surface area contributed by atoms with Gasteiger partial charge in [0.05, 0.1) is 6.61 Å². The number of aliphatic hydroxyl groups is 1. The molecule has 2 heteroatoms. The van der Waals surface area contributed by atoms with Crippen LogP contribution in [0.1, 0.15) is 12.0 Å². The van der Waals surface area contributed by atoms with Gasteiger partial charge in [-0.1, -0.05) is 24.3 Å². The van der Waals surface area contributed by atoms with Crippen LogP contribution in [0.4, 0.5) is 0 Å². The molecule has 0 aliphatic heterocycles. The summed E-state index contributed by atoms with van der Waals surface area (Å²) >= 11 is 0. The van der Waals surface area contributed by atoms with E-state index in [1.807, 2.05) is 36.8 Å². The normalized spacial score (nSPS) is 11.8. The Kier molecular flexibility index (Phi) is 6.12. The molecule has 1 atom stereocenters. The molecule has 0 fully saturated rings. The van der Waals surface area contributed by atoms with Crippen LogP contribution in [-0.2, 0) is 6.42 Å². The van der Waals surface area contributed by atoms with Gasteiger partial charge in [-0.15, -0.1) is 13.2 Å². The fraction of sp³-hybridized carbons (Fsp3) is 0.267. The lowest BCUT2D eigenvalue weighted by molar-refractivity contribution is 0.137. The number of rotatable bonds is 8. The zero-order valence-corrected chi connectivity index (χ0v) is 10.0. The van der Waals surface area contributed by atoms with Crippen LogP contribution in [0.5, 0.6) is 5.75 Å². The summed E-state index contributed by atoms with van der Waals surface area (Å²) in [6.07, 6.45) is 6.78. The monoisotopic (exact) mass is 231 g/mol. The first-order chi connectivity index (χ1) is 8.30. The molecular formula is C15H19O2. The van der Waals surface area contributed by atoms with E-state index in [4.69, 9.17) is 4.74 Å². The van der Waals surface area contributed by atoms with E-state index in [1.54, 1.807) is 6.08 Å². The van der Waals surface area contributed by atoms with Crippen LogP contribution in [0, 0.1) is 6.42 Å². The zero-order chi connectivity index (χ0) is 12.5. The van der Waals surface area contributed by atoms with Gasteiger partial charge in [0.25, 0.3) is 0 Å². The van der Waals surface area contributed by atoms with Crippen LogP contribution in [0.3, 0.4) is 0 Å². The van der Waals surface area contributed by atoms with Crippen molar-refractivity contribution in [2.24, 2.45) is 0 Å². The van der Waals surface area contributed by atoms with E-state index in [2.05, 4.69) is 13.2 Å². The molecule has 2 nitrogen and oxygen atoms in total. The molecule has 1 rings (SSSR count). The average molecular weight is 231 g/mol. The van der Waals surface area contributed by atoms with Gasteiger partial charge >= 0.3 is 0 Å². The molecule has 0 amide bonds. The third-order valence-corrected chi connectivity index (χ3v) is 2.31. The lowest BCUT2D eigenvalue weighted by Crippen LogP contribution is -2.21. The average Bonchev–Trinajstić information content (AvgIpc) is 2.35. The smallest absolute Gasteiger partial charge is 0.125 e. The Balaban J connectivity index is 2.61. The van der Waals surface area contributed by atoms with E-state index in [0.29, 0.717) is 0 Å². The van der Waals surface area contributed by atoms with Gasteiger partial charge in [0.1, 0.15) is 11.9 Å². The summed E-state index contributed by atoms with van der Waals surface area (Å²) in [4.78, 5) is 0. The van der Waals surface area contributed by atoms with E-state index in [1.165, 1.54) is 0 Å². The van der Waals surface area contributed by atoms with Gasteiger partial charge in [-0.2, -0.15) is 0 Å². The largest absolute Gasteiger partial charge is 0.488 e. The van der Waals surface area contributed by atoms with Gasteiger partial charge in [-0.25, -0.2) is 0 Å². The molecule has 17 heavy (non-hydrogen) atoms. The first kappa shape index (κ1) is 13.5. The molecule has 0 heterocycles. The third-order valence-electron chi connectivity index (χ3n) is 2.31. The first-order valence-corrected chi connectivity index (χ1v) is 5.71. The maximum absolute atomic E-state index is 9.18. The van der Waals surface area contributed by atoms with E-state index in [9.17, 15) is 5.11 Å². The second-order valence-corrected chi connectivity index (χ2v) is 3.74. The number of hydrogen-bond acceptors (Lipinski definition) is 2. The molecule has 0 bridgehead atoms. The van der Waals surface area contributed by atoms with Gasteiger partial charge in [0, 0.05) is 6.42 Å². The highest BCUT2D eigenvalue weighted by Crippen LogP contribution is 2.16. The Morgan fingerprint density at radius 1 is 1.29 bits per heavy atom. The lowest BCUT2D eigenvalue weighted by Gasteiger charge is -2.16. The maximum Gasteiger partial charge on any atom is 0.125 e. The molecule has 0 aromatic heterocycles. The van der Waals surface area contributed by atoms with Gasteiger partial charge in [0.15, 0.2) is 0 Å². The van der Waals surface area contributed by atoms with E-state index >= 15 is 0 Å². The highest BCUT2D eigenvalue weighted by Gasteiger charge is 2.08. The predicted molar refractivity (Wildman–Crippen MR) is 71.0 cm³/mol. The number of hydrogen-bond donors (Lipinski definition) is 1. The molecule has 0 aliphatic rings. The van der Waals surface area contributed by atoms with E-state index in [0.717, 1.165) is 24.2 Å². The maximum atomic E-state index is 9.18. The Morgan fingerprint density at radius 2 is 2.12 bits per heavy atom. The van der Waals surface area contributed by atoms with Crippen molar-refractivity contribution in [3.05, 3.63) is 61.6 Å². The summed E-state index contributed by atoms with van der Waals surface area (Å²) in [6, 6.07) is 7.81. The van der Waals surface area contributed by atoms with Crippen molar-refractivity contribution in [1.29, 1.82) is 0 Å². The minimum absolute atomic E-state index is 0.0282. The lowest BCUT2D eigenvalue weighted by atomic mass is 10.1. The van der Waals surface area contributed by atoms with Crippen LogP contribution >= 0.6 is 0 Å². The SMILES string of the molecule is C=CC[CH]C(CO)Oc1cccc(CC=C)c1. The van der Waals surface area contributed by atoms with Crippen molar-refractivity contribution >= 4 is 0 Å². The van der Waals surface area contributed by atoms with Crippen molar-refractivity contribution in [3.8, 4) is 5.75 Å².